The zero-order valence-electron chi connectivity index (χ0n) is 14.2. The van der Waals surface area contributed by atoms with E-state index in [4.69, 9.17) is 23.2 Å². The van der Waals surface area contributed by atoms with Crippen molar-refractivity contribution in [2.45, 2.75) is 38.6 Å². The van der Waals surface area contributed by atoms with Gasteiger partial charge in [0, 0.05) is 29.1 Å². The molecule has 1 aromatic heterocycles. The van der Waals surface area contributed by atoms with Crippen molar-refractivity contribution >= 4 is 34.9 Å². The zero-order chi connectivity index (χ0) is 17.8. The van der Waals surface area contributed by atoms with Crippen LogP contribution in [0.5, 0.6) is 0 Å². The van der Waals surface area contributed by atoms with Crippen LogP contribution in [0.2, 0.25) is 10.0 Å². The van der Waals surface area contributed by atoms with E-state index in [1.54, 1.807) is 18.2 Å². The number of nitrogens with zero attached hydrogens (tertiary/aromatic N) is 2. The smallest absolute Gasteiger partial charge is 0.225 e. The Morgan fingerprint density at radius 1 is 1.32 bits per heavy atom. The maximum Gasteiger partial charge on any atom is 0.225 e. The lowest BCUT2D eigenvalue weighted by atomic mass is 10.1. The predicted molar refractivity (Wildman–Crippen MR) is 102 cm³/mol. The average Bonchev–Trinajstić information content (AvgIpc) is 3.24. The largest absolute Gasteiger partial charge is 0.311 e. The van der Waals surface area contributed by atoms with Crippen molar-refractivity contribution in [1.82, 2.24) is 15.1 Å². The Balaban J connectivity index is 1.54. The zero-order valence-corrected chi connectivity index (χ0v) is 15.7. The van der Waals surface area contributed by atoms with Crippen LogP contribution in [-0.4, -0.2) is 40.1 Å². The molecule has 1 amide bonds. The number of likely N-dealkylation sites (tertiary alicyclic amines) is 1. The van der Waals surface area contributed by atoms with Crippen LogP contribution in [0.1, 0.15) is 32.6 Å². The van der Waals surface area contributed by atoms with Gasteiger partial charge in [-0.05, 0) is 57.5 Å². The fourth-order valence-electron chi connectivity index (χ4n) is 3.14. The van der Waals surface area contributed by atoms with Crippen molar-refractivity contribution in [3.05, 3.63) is 34.3 Å². The molecule has 1 aliphatic rings. The third-order valence-electron chi connectivity index (χ3n) is 4.61. The minimum atomic E-state index is -0.0107. The van der Waals surface area contributed by atoms with Gasteiger partial charge in [0.1, 0.15) is 5.82 Å². The summed E-state index contributed by atoms with van der Waals surface area (Å²) in [6.45, 7) is 4.48. The first-order chi connectivity index (χ1) is 12.0. The number of carbonyl (C=O) groups is 1. The van der Waals surface area contributed by atoms with Crippen molar-refractivity contribution in [2.75, 3.05) is 18.4 Å². The maximum atomic E-state index is 12.2. The molecule has 2 N–H and O–H groups in total. The number of amides is 1. The Morgan fingerprint density at radius 3 is 2.80 bits per heavy atom. The monoisotopic (exact) mass is 380 g/mol. The SMILES string of the molecule is CC(CCC(=O)Nc1cc(-c2ccc(Cl)cc2Cl)n[nH]1)N1CCCC1. The van der Waals surface area contributed by atoms with E-state index in [1.165, 1.54) is 12.8 Å². The fraction of sp³-hybridized carbons (Fsp3) is 0.444. The van der Waals surface area contributed by atoms with Gasteiger partial charge in [0.15, 0.2) is 0 Å². The van der Waals surface area contributed by atoms with E-state index in [1.807, 2.05) is 6.07 Å². The highest BCUT2D eigenvalue weighted by molar-refractivity contribution is 6.36. The average molecular weight is 381 g/mol. The summed E-state index contributed by atoms with van der Waals surface area (Å²) in [5.74, 6) is 0.559. The summed E-state index contributed by atoms with van der Waals surface area (Å²) in [7, 11) is 0. The van der Waals surface area contributed by atoms with Crippen LogP contribution in [-0.2, 0) is 4.79 Å². The van der Waals surface area contributed by atoms with Gasteiger partial charge in [0.25, 0.3) is 0 Å². The summed E-state index contributed by atoms with van der Waals surface area (Å²) in [4.78, 5) is 14.6. The summed E-state index contributed by atoms with van der Waals surface area (Å²) in [5.41, 5.74) is 1.44. The van der Waals surface area contributed by atoms with Gasteiger partial charge in [-0.15, -0.1) is 0 Å². The first kappa shape index (κ1) is 18.2. The highest BCUT2D eigenvalue weighted by Crippen LogP contribution is 2.30. The van der Waals surface area contributed by atoms with Gasteiger partial charge in [-0.2, -0.15) is 5.10 Å². The molecule has 3 rings (SSSR count). The molecule has 1 aromatic carbocycles. The van der Waals surface area contributed by atoms with Crippen LogP contribution in [0.4, 0.5) is 5.82 Å². The predicted octanol–water partition coefficient (Wildman–Crippen LogP) is 4.59. The summed E-state index contributed by atoms with van der Waals surface area (Å²) in [6.07, 6.45) is 3.88. The lowest BCUT2D eigenvalue weighted by Gasteiger charge is -2.23. The van der Waals surface area contributed by atoms with Crippen LogP contribution in [0.3, 0.4) is 0 Å². The molecule has 25 heavy (non-hydrogen) atoms. The Bertz CT molecular complexity index is 740. The number of anilines is 1. The van der Waals surface area contributed by atoms with Gasteiger partial charge in [-0.3, -0.25) is 9.89 Å². The Kier molecular flexibility index (Phi) is 5.99. The summed E-state index contributed by atoms with van der Waals surface area (Å²) in [5, 5.41) is 11.0. The number of hydrogen-bond acceptors (Lipinski definition) is 3. The molecule has 1 aliphatic heterocycles. The molecule has 0 saturated carbocycles. The van der Waals surface area contributed by atoms with E-state index < -0.39 is 0 Å². The van der Waals surface area contributed by atoms with E-state index in [0.717, 1.165) is 25.1 Å². The van der Waals surface area contributed by atoms with Gasteiger partial charge in [0.05, 0.1) is 10.7 Å². The number of halogens is 2. The molecule has 7 heteroatoms. The van der Waals surface area contributed by atoms with Gasteiger partial charge >= 0.3 is 0 Å². The van der Waals surface area contributed by atoms with Crippen LogP contribution in [0.15, 0.2) is 24.3 Å². The number of carbonyl (C=O) groups excluding carboxylic acids is 1. The number of aromatic nitrogens is 2. The molecular weight excluding hydrogens is 359 g/mol. The van der Waals surface area contributed by atoms with E-state index in [2.05, 4.69) is 27.3 Å². The third kappa shape index (κ3) is 4.75. The van der Waals surface area contributed by atoms with E-state index >= 15 is 0 Å². The second-order valence-electron chi connectivity index (χ2n) is 6.47. The molecule has 2 aromatic rings. The Morgan fingerprint density at radius 2 is 2.08 bits per heavy atom. The van der Waals surface area contributed by atoms with Crippen LogP contribution < -0.4 is 5.32 Å². The van der Waals surface area contributed by atoms with Gasteiger partial charge in [-0.25, -0.2) is 0 Å². The van der Waals surface area contributed by atoms with Crippen LogP contribution in [0.25, 0.3) is 11.3 Å². The molecule has 0 aliphatic carbocycles. The number of benzene rings is 1. The number of H-pyrrole nitrogens is 1. The van der Waals surface area contributed by atoms with Crippen LogP contribution >= 0.6 is 23.2 Å². The topological polar surface area (TPSA) is 61.0 Å². The molecule has 1 atom stereocenters. The Hall–Kier alpha value is -1.56. The standard InChI is InChI=1S/C18H22Cl2N4O/c1-12(24-8-2-3-9-24)4-7-18(25)21-17-11-16(22-23-17)14-6-5-13(19)10-15(14)20/h5-6,10-12H,2-4,7-9H2,1H3,(H2,21,22,23,25). The van der Waals surface area contributed by atoms with Crippen molar-refractivity contribution in [1.29, 1.82) is 0 Å². The fourth-order valence-corrected chi connectivity index (χ4v) is 3.64. The summed E-state index contributed by atoms with van der Waals surface area (Å²) >= 11 is 12.1. The number of rotatable bonds is 6. The normalized spacial score (nSPS) is 16.1. The van der Waals surface area contributed by atoms with Crippen molar-refractivity contribution in [3.8, 4) is 11.3 Å². The van der Waals surface area contributed by atoms with E-state index in [0.29, 0.717) is 34.0 Å². The molecule has 0 bridgehead atoms. The molecule has 0 spiro atoms. The molecule has 134 valence electrons. The second kappa shape index (κ2) is 8.21. The van der Waals surface area contributed by atoms with E-state index in [9.17, 15) is 4.79 Å². The molecule has 0 radical (unpaired) electrons. The molecular formula is C18H22Cl2N4O. The van der Waals surface area contributed by atoms with Gasteiger partial charge in [0.2, 0.25) is 5.91 Å². The van der Waals surface area contributed by atoms with Crippen LogP contribution in [0, 0.1) is 0 Å². The Labute approximate surface area is 157 Å². The summed E-state index contributed by atoms with van der Waals surface area (Å²) in [6, 6.07) is 7.46. The molecule has 1 fully saturated rings. The molecule has 2 heterocycles. The minimum Gasteiger partial charge on any atom is -0.311 e. The number of aromatic amines is 1. The second-order valence-corrected chi connectivity index (χ2v) is 7.31. The lowest BCUT2D eigenvalue weighted by molar-refractivity contribution is -0.116. The first-order valence-corrected chi connectivity index (χ1v) is 9.33. The maximum absolute atomic E-state index is 12.2. The number of hydrogen-bond donors (Lipinski definition) is 2. The third-order valence-corrected chi connectivity index (χ3v) is 5.16. The molecule has 5 nitrogen and oxygen atoms in total. The molecule has 1 unspecified atom stereocenters. The van der Waals surface area contributed by atoms with Crippen molar-refractivity contribution < 1.29 is 4.79 Å². The summed E-state index contributed by atoms with van der Waals surface area (Å²) < 4.78 is 0. The highest BCUT2D eigenvalue weighted by Gasteiger charge is 2.19. The number of nitrogens with one attached hydrogen (secondary N) is 2. The minimum absolute atomic E-state index is 0.0107. The van der Waals surface area contributed by atoms with Crippen molar-refractivity contribution in [2.24, 2.45) is 0 Å². The van der Waals surface area contributed by atoms with E-state index in [-0.39, 0.29) is 5.91 Å². The van der Waals surface area contributed by atoms with Gasteiger partial charge in [-0.1, -0.05) is 23.2 Å². The van der Waals surface area contributed by atoms with Crippen molar-refractivity contribution in [3.63, 3.8) is 0 Å². The first-order valence-electron chi connectivity index (χ1n) is 8.57. The lowest BCUT2D eigenvalue weighted by Crippen LogP contribution is -2.31. The molecule has 1 saturated heterocycles. The van der Waals surface area contributed by atoms with Gasteiger partial charge < -0.3 is 10.2 Å². The highest BCUT2D eigenvalue weighted by atomic mass is 35.5. The quantitative estimate of drug-likeness (QED) is 0.770.